The molecular weight excluding hydrogens is 425 g/mol. The van der Waals surface area contributed by atoms with E-state index in [2.05, 4.69) is 5.32 Å². The van der Waals surface area contributed by atoms with Crippen LogP contribution in [0.5, 0.6) is 0 Å². The van der Waals surface area contributed by atoms with Crippen LogP contribution < -0.4 is 10.2 Å². The van der Waals surface area contributed by atoms with E-state index in [1.165, 1.54) is 6.08 Å². The molecule has 30 heavy (non-hydrogen) atoms. The number of benzene rings is 2. The summed E-state index contributed by atoms with van der Waals surface area (Å²) in [6, 6.07) is 13.6. The van der Waals surface area contributed by atoms with E-state index in [-0.39, 0.29) is 5.57 Å². The number of nitriles is 1. The smallest absolute Gasteiger partial charge is 0.349 e. The van der Waals surface area contributed by atoms with Crippen LogP contribution in [-0.2, 0) is 14.3 Å². The van der Waals surface area contributed by atoms with Gasteiger partial charge >= 0.3 is 5.97 Å². The molecular formula is C22H21Cl2N3O3. The normalized spacial score (nSPS) is 11.9. The first-order chi connectivity index (χ1) is 14.2. The van der Waals surface area contributed by atoms with Gasteiger partial charge in [-0.15, -0.1) is 0 Å². The summed E-state index contributed by atoms with van der Waals surface area (Å²) < 4.78 is 4.97. The molecule has 1 atom stereocenters. The number of nitrogens with one attached hydrogen (secondary N) is 1. The Balaban J connectivity index is 1.95. The number of carbonyl (C=O) groups excluding carboxylic acids is 2. The van der Waals surface area contributed by atoms with Gasteiger partial charge in [0.25, 0.3) is 5.91 Å². The Morgan fingerprint density at radius 3 is 2.43 bits per heavy atom. The Morgan fingerprint density at radius 2 is 1.87 bits per heavy atom. The molecule has 0 bridgehead atoms. The van der Waals surface area contributed by atoms with Crippen LogP contribution in [-0.4, -0.2) is 32.6 Å². The molecule has 0 heterocycles. The highest BCUT2D eigenvalue weighted by molar-refractivity contribution is 6.35. The molecule has 0 aliphatic heterocycles. The summed E-state index contributed by atoms with van der Waals surface area (Å²) in [5, 5.41) is 12.9. The molecule has 0 saturated carbocycles. The molecule has 0 radical (unpaired) electrons. The zero-order chi connectivity index (χ0) is 22.3. The highest BCUT2D eigenvalue weighted by Crippen LogP contribution is 2.26. The van der Waals surface area contributed by atoms with Crippen molar-refractivity contribution in [3.63, 3.8) is 0 Å². The first-order valence-corrected chi connectivity index (χ1v) is 9.77. The van der Waals surface area contributed by atoms with Crippen molar-refractivity contribution in [1.29, 1.82) is 5.26 Å². The van der Waals surface area contributed by atoms with Crippen LogP contribution in [0, 0.1) is 11.3 Å². The highest BCUT2D eigenvalue weighted by Gasteiger charge is 2.16. The van der Waals surface area contributed by atoms with Crippen molar-refractivity contribution >= 4 is 46.8 Å². The zero-order valence-electron chi connectivity index (χ0n) is 16.8. The minimum Gasteiger partial charge on any atom is -0.451 e. The second-order valence-corrected chi connectivity index (χ2v) is 7.53. The SMILES string of the molecule is C[C@H](NC(=O)COC(=O)/C(C#N)=C/c1ccc(N(C)C)cc1)c1ccc(Cl)cc1Cl. The summed E-state index contributed by atoms with van der Waals surface area (Å²) in [7, 11) is 3.82. The molecule has 0 unspecified atom stereocenters. The molecule has 2 aromatic carbocycles. The molecule has 2 rings (SSSR count). The maximum atomic E-state index is 12.2. The Hall–Kier alpha value is -3.01. The van der Waals surface area contributed by atoms with Gasteiger partial charge in [0.05, 0.1) is 6.04 Å². The molecule has 8 heteroatoms. The van der Waals surface area contributed by atoms with Crippen LogP contribution in [0.15, 0.2) is 48.0 Å². The molecule has 0 aliphatic carbocycles. The van der Waals surface area contributed by atoms with Gasteiger partial charge < -0.3 is 15.0 Å². The maximum absolute atomic E-state index is 12.2. The first-order valence-electron chi connectivity index (χ1n) is 9.02. The van der Waals surface area contributed by atoms with Gasteiger partial charge in [-0.25, -0.2) is 4.79 Å². The van der Waals surface area contributed by atoms with E-state index in [0.29, 0.717) is 21.2 Å². The van der Waals surface area contributed by atoms with Crippen LogP contribution >= 0.6 is 23.2 Å². The van der Waals surface area contributed by atoms with E-state index in [4.69, 9.17) is 27.9 Å². The van der Waals surface area contributed by atoms with Gasteiger partial charge in [0, 0.05) is 29.8 Å². The molecule has 1 amide bonds. The summed E-state index contributed by atoms with van der Waals surface area (Å²) >= 11 is 12.0. The second kappa shape index (κ2) is 10.7. The number of rotatable bonds is 7. The lowest BCUT2D eigenvalue weighted by atomic mass is 10.1. The topological polar surface area (TPSA) is 82.4 Å². The largest absolute Gasteiger partial charge is 0.451 e. The zero-order valence-corrected chi connectivity index (χ0v) is 18.3. The lowest BCUT2D eigenvalue weighted by molar-refractivity contribution is -0.144. The molecule has 0 spiro atoms. The molecule has 6 nitrogen and oxygen atoms in total. The number of nitrogens with zero attached hydrogens (tertiary/aromatic N) is 2. The molecule has 1 N–H and O–H groups in total. The van der Waals surface area contributed by atoms with Crippen molar-refractivity contribution in [2.24, 2.45) is 0 Å². The molecule has 0 fully saturated rings. The fraction of sp³-hybridized carbons (Fsp3) is 0.227. The van der Waals surface area contributed by atoms with E-state index in [1.807, 2.05) is 31.1 Å². The third kappa shape index (κ3) is 6.51. The van der Waals surface area contributed by atoms with E-state index in [9.17, 15) is 14.9 Å². The number of halogens is 2. The van der Waals surface area contributed by atoms with E-state index in [1.54, 1.807) is 43.3 Å². The summed E-state index contributed by atoms with van der Waals surface area (Å²) in [5.74, 6) is -1.39. The van der Waals surface area contributed by atoms with Crippen molar-refractivity contribution in [1.82, 2.24) is 5.32 Å². The number of anilines is 1. The predicted octanol–water partition coefficient (Wildman–Crippen LogP) is 4.39. The average molecular weight is 446 g/mol. The fourth-order valence-corrected chi connectivity index (χ4v) is 3.17. The summed E-state index contributed by atoms with van der Waals surface area (Å²) in [6.07, 6.45) is 1.41. The molecule has 156 valence electrons. The van der Waals surface area contributed by atoms with Crippen molar-refractivity contribution in [2.75, 3.05) is 25.6 Å². The van der Waals surface area contributed by atoms with E-state index < -0.39 is 24.5 Å². The highest BCUT2D eigenvalue weighted by atomic mass is 35.5. The minimum absolute atomic E-state index is 0.200. The van der Waals surface area contributed by atoms with Gasteiger partial charge in [0.15, 0.2) is 6.61 Å². The molecule has 0 aromatic heterocycles. The van der Waals surface area contributed by atoms with Gasteiger partial charge in [-0.05, 0) is 48.4 Å². The molecule has 0 aliphatic rings. The maximum Gasteiger partial charge on any atom is 0.349 e. The Labute approximate surface area is 185 Å². The number of hydrogen-bond acceptors (Lipinski definition) is 5. The summed E-state index contributed by atoms with van der Waals surface area (Å²) in [6.45, 7) is 1.22. The van der Waals surface area contributed by atoms with Crippen LogP contribution in [0.3, 0.4) is 0 Å². The van der Waals surface area contributed by atoms with E-state index in [0.717, 1.165) is 5.69 Å². The van der Waals surface area contributed by atoms with Gasteiger partial charge in [0.2, 0.25) is 0 Å². The third-order valence-corrected chi connectivity index (χ3v) is 4.76. The Morgan fingerprint density at radius 1 is 1.20 bits per heavy atom. The van der Waals surface area contributed by atoms with Crippen molar-refractivity contribution < 1.29 is 14.3 Å². The van der Waals surface area contributed by atoms with Crippen LogP contribution in [0.25, 0.3) is 6.08 Å². The number of amides is 1. The first kappa shape index (κ1) is 23.3. The quantitative estimate of drug-likeness (QED) is 0.388. The molecule has 0 saturated heterocycles. The molecule has 2 aromatic rings. The minimum atomic E-state index is -0.874. The van der Waals surface area contributed by atoms with Crippen LogP contribution in [0.1, 0.15) is 24.1 Å². The van der Waals surface area contributed by atoms with Crippen molar-refractivity contribution in [2.45, 2.75) is 13.0 Å². The van der Waals surface area contributed by atoms with E-state index >= 15 is 0 Å². The van der Waals surface area contributed by atoms with Gasteiger partial charge in [-0.2, -0.15) is 5.26 Å². The number of esters is 1. The second-order valence-electron chi connectivity index (χ2n) is 6.69. The van der Waals surface area contributed by atoms with Crippen molar-refractivity contribution in [3.8, 4) is 6.07 Å². The summed E-state index contributed by atoms with van der Waals surface area (Å²) in [5.41, 5.74) is 2.14. The number of carbonyl (C=O) groups is 2. The van der Waals surface area contributed by atoms with Gasteiger partial charge in [0.1, 0.15) is 11.6 Å². The number of hydrogen-bond donors (Lipinski definition) is 1. The van der Waals surface area contributed by atoms with Gasteiger partial charge in [-0.3, -0.25) is 4.79 Å². The number of ether oxygens (including phenoxy) is 1. The lowest BCUT2D eigenvalue weighted by Crippen LogP contribution is -2.31. The average Bonchev–Trinajstić information content (AvgIpc) is 2.70. The Bertz CT molecular complexity index is 996. The van der Waals surface area contributed by atoms with Gasteiger partial charge in [-0.1, -0.05) is 41.4 Å². The van der Waals surface area contributed by atoms with Crippen LogP contribution in [0.2, 0.25) is 10.0 Å². The van der Waals surface area contributed by atoms with Crippen molar-refractivity contribution in [3.05, 3.63) is 69.2 Å². The fourth-order valence-electron chi connectivity index (χ4n) is 2.59. The summed E-state index contributed by atoms with van der Waals surface area (Å²) in [4.78, 5) is 26.2. The standard InChI is InChI=1S/C22H21Cl2N3O3/c1-14(19-9-6-17(23)11-20(19)24)26-21(28)13-30-22(29)16(12-25)10-15-4-7-18(8-5-15)27(2)3/h4-11,14H,13H2,1-3H3,(H,26,28)/b16-10+/t14-/m0/s1. The predicted molar refractivity (Wildman–Crippen MR) is 118 cm³/mol. The lowest BCUT2D eigenvalue weighted by Gasteiger charge is -2.16. The monoisotopic (exact) mass is 445 g/mol. The van der Waals surface area contributed by atoms with Crippen LogP contribution in [0.4, 0.5) is 5.69 Å². The Kier molecular flexibility index (Phi) is 8.28. The third-order valence-electron chi connectivity index (χ3n) is 4.20.